The first kappa shape index (κ1) is 23.4. The van der Waals surface area contributed by atoms with E-state index in [1.165, 1.54) is 24.5 Å². The molecule has 0 bridgehead atoms. The maximum Gasteiger partial charge on any atom is 0.321 e. The molecule has 2 amide bonds. The number of carbonyl (C=O) groups excluding carboxylic acids is 1. The monoisotopic (exact) mass is 513 g/mol. The molecule has 0 saturated carbocycles. The van der Waals surface area contributed by atoms with Gasteiger partial charge >= 0.3 is 11.9 Å². The fraction of sp³-hybridized carbons (Fsp3) is 0.185. The van der Waals surface area contributed by atoms with Crippen LogP contribution in [0.4, 0.5) is 25.2 Å². The van der Waals surface area contributed by atoms with Gasteiger partial charge in [0, 0.05) is 49.2 Å². The number of likely N-dealkylation sites (tertiary alicyclic amines) is 1. The number of nitrogens with one attached hydrogen (secondary N) is 2. The summed E-state index contributed by atoms with van der Waals surface area (Å²) in [6.07, 6.45) is 6.27. The number of imidazole rings is 1. The van der Waals surface area contributed by atoms with Crippen molar-refractivity contribution >= 4 is 23.5 Å². The number of hydrogen-bond acceptors (Lipinski definition) is 6. The first-order valence-corrected chi connectivity index (χ1v) is 12.0. The van der Waals surface area contributed by atoms with Gasteiger partial charge in [0.1, 0.15) is 23.5 Å². The quantitative estimate of drug-likeness (QED) is 0.342. The minimum absolute atomic E-state index is 0.0432. The Labute approximate surface area is 216 Å². The summed E-state index contributed by atoms with van der Waals surface area (Å²) in [6, 6.07) is 15.2. The Bertz CT molecular complexity index is 1590. The van der Waals surface area contributed by atoms with E-state index >= 15 is 0 Å². The van der Waals surface area contributed by atoms with E-state index in [4.69, 9.17) is 9.40 Å². The Hall–Kier alpha value is -4.98. The molecule has 1 saturated heterocycles. The third-order valence-corrected chi connectivity index (χ3v) is 6.39. The minimum Gasteiger partial charge on any atom is -0.432 e. The van der Waals surface area contributed by atoms with Gasteiger partial charge in [-0.3, -0.25) is 4.40 Å². The molecule has 3 aromatic heterocycles. The Morgan fingerprint density at radius 2 is 1.84 bits per heavy atom. The van der Waals surface area contributed by atoms with Crippen molar-refractivity contribution in [3.63, 3.8) is 0 Å². The second-order valence-electron chi connectivity index (χ2n) is 8.81. The number of hydrogen-bond donors (Lipinski definition) is 2. The van der Waals surface area contributed by atoms with Gasteiger partial charge in [-0.1, -0.05) is 12.1 Å². The highest BCUT2D eigenvalue weighted by molar-refractivity contribution is 5.89. The van der Waals surface area contributed by atoms with Crippen molar-refractivity contribution in [1.82, 2.24) is 24.3 Å². The molecule has 1 aliphatic heterocycles. The van der Waals surface area contributed by atoms with Gasteiger partial charge in [0.25, 0.3) is 0 Å². The van der Waals surface area contributed by atoms with E-state index in [1.807, 2.05) is 0 Å². The van der Waals surface area contributed by atoms with Gasteiger partial charge in [-0.25, -0.2) is 23.5 Å². The standard InChI is InChI=1S/C27H21F2N7O2/c28-18-7-5-17(6-8-18)23-24(36-15-16-38-27(36)34-23)22-9-12-30-25(32-22)31-19-10-13-35(14-11-19)26(37)33-21-4-2-1-3-20(21)29/h3-9,12,15-16,19H,10-11,13-14H2,(H,33,37)(H,30,31,32). The molecular formula is C27H21F2N7O2. The molecule has 1 fully saturated rings. The normalized spacial score (nSPS) is 13.9. The lowest BCUT2D eigenvalue weighted by atomic mass is 10.1. The van der Waals surface area contributed by atoms with Crippen LogP contribution in [0.3, 0.4) is 0 Å². The minimum atomic E-state index is -0.556. The van der Waals surface area contributed by atoms with Crippen LogP contribution in [-0.2, 0) is 0 Å². The summed E-state index contributed by atoms with van der Waals surface area (Å²) in [6.45, 7) is 0.973. The number of halogens is 2. The molecule has 0 atom stereocenters. The van der Waals surface area contributed by atoms with Crippen molar-refractivity contribution in [1.29, 1.82) is 0 Å². The lowest BCUT2D eigenvalue weighted by molar-refractivity contribution is 0.197. The van der Waals surface area contributed by atoms with E-state index < -0.39 is 5.82 Å². The first-order chi connectivity index (χ1) is 18.5. The Morgan fingerprint density at radius 1 is 1.05 bits per heavy atom. The molecule has 0 radical (unpaired) electrons. The summed E-state index contributed by atoms with van der Waals surface area (Å²) in [4.78, 5) is 27.9. The summed E-state index contributed by atoms with van der Waals surface area (Å²) in [7, 11) is 0. The van der Waals surface area contributed by atoms with Gasteiger partial charge in [0.05, 0.1) is 11.4 Å². The number of oxazole rings is 1. The van der Waals surface area contributed by atoms with Crippen LogP contribution in [0.5, 0.6) is 0 Å². The molecule has 6 rings (SSSR count). The summed E-state index contributed by atoms with van der Waals surface area (Å²) < 4.78 is 34.6. The van der Waals surface area contributed by atoms with Crippen LogP contribution in [0.15, 0.2) is 65.5 Å². The fourth-order valence-electron chi connectivity index (χ4n) is 4.46. The molecule has 2 aromatic carbocycles. The van der Waals surface area contributed by atoms with Crippen molar-refractivity contribution in [2.24, 2.45) is 0 Å². The first-order valence-electron chi connectivity index (χ1n) is 12.0. The Kier molecular flexibility index (Phi) is 6.05. The highest BCUT2D eigenvalue weighted by Gasteiger charge is 2.25. The zero-order valence-corrected chi connectivity index (χ0v) is 20.0. The lowest BCUT2D eigenvalue weighted by Gasteiger charge is -2.32. The number of nitrogens with zero attached hydrogens (tertiary/aromatic N) is 5. The van der Waals surface area contributed by atoms with Crippen LogP contribution in [0.1, 0.15) is 12.8 Å². The van der Waals surface area contributed by atoms with Crippen LogP contribution in [0.25, 0.3) is 28.5 Å². The van der Waals surface area contributed by atoms with Crippen LogP contribution in [0, 0.1) is 23.8 Å². The molecule has 2 N–H and O–H groups in total. The van der Waals surface area contributed by atoms with E-state index in [-0.39, 0.29) is 23.6 Å². The van der Waals surface area contributed by atoms with Gasteiger partial charge < -0.3 is 20.0 Å². The second kappa shape index (κ2) is 9.82. The SMILES string of the molecule is O=C(Nc1cc#ccc1F)N1CCC(Nc2nccc(-c3c(-c4ccc(F)cc4)nc4occn34)n2)CC1. The van der Waals surface area contributed by atoms with Gasteiger partial charge in [0.15, 0.2) is 5.82 Å². The molecule has 1 aliphatic rings. The van der Waals surface area contributed by atoms with E-state index in [2.05, 4.69) is 32.7 Å². The number of rotatable bonds is 5. The maximum absolute atomic E-state index is 13.8. The van der Waals surface area contributed by atoms with E-state index in [0.29, 0.717) is 54.8 Å². The molecule has 190 valence electrons. The molecule has 5 aromatic rings. The van der Waals surface area contributed by atoms with Crippen molar-refractivity contribution in [3.05, 3.63) is 84.9 Å². The van der Waals surface area contributed by atoms with Crippen LogP contribution >= 0.6 is 0 Å². The molecule has 11 heteroatoms. The van der Waals surface area contributed by atoms with E-state index in [1.54, 1.807) is 39.9 Å². The Balaban J connectivity index is 1.16. The number of benzene rings is 1. The molecule has 38 heavy (non-hydrogen) atoms. The zero-order valence-electron chi connectivity index (χ0n) is 20.0. The lowest BCUT2D eigenvalue weighted by Crippen LogP contribution is -2.44. The van der Waals surface area contributed by atoms with Crippen LogP contribution in [0.2, 0.25) is 0 Å². The summed E-state index contributed by atoms with van der Waals surface area (Å²) >= 11 is 0. The number of aromatic nitrogens is 4. The predicted octanol–water partition coefficient (Wildman–Crippen LogP) is 5.04. The predicted molar refractivity (Wildman–Crippen MR) is 135 cm³/mol. The number of urea groups is 1. The molecule has 4 heterocycles. The number of amides is 2. The number of piperidine rings is 1. The molecule has 0 aliphatic carbocycles. The van der Waals surface area contributed by atoms with Gasteiger partial charge in [-0.05, 0) is 43.2 Å². The number of carbonyl (C=O) groups is 1. The van der Waals surface area contributed by atoms with Crippen molar-refractivity contribution in [2.45, 2.75) is 18.9 Å². The van der Waals surface area contributed by atoms with E-state index in [0.717, 1.165) is 11.6 Å². The topological polar surface area (TPSA) is 101 Å². The summed E-state index contributed by atoms with van der Waals surface area (Å²) in [5.74, 6) is -0.0599. The van der Waals surface area contributed by atoms with Gasteiger partial charge in [-0.15, -0.1) is 0 Å². The van der Waals surface area contributed by atoms with Crippen molar-refractivity contribution in [3.8, 4) is 22.6 Å². The highest BCUT2D eigenvalue weighted by Crippen LogP contribution is 2.32. The average Bonchev–Trinajstić information content (AvgIpc) is 3.53. The number of fused-ring (bicyclic) bond motifs is 1. The average molecular weight is 514 g/mol. The second-order valence-corrected chi connectivity index (χ2v) is 8.81. The van der Waals surface area contributed by atoms with Crippen molar-refractivity contribution in [2.75, 3.05) is 23.7 Å². The highest BCUT2D eigenvalue weighted by atomic mass is 19.1. The maximum atomic E-state index is 13.8. The fourth-order valence-corrected chi connectivity index (χ4v) is 4.46. The third-order valence-electron chi connectivity index (χ3n) is 6.39. The van der Waals surface area contributed by atoms with Crippen LogP contribution in [-0.4, -0.2) is 49.4 Å². The molecule has 0 unspecified atom stereocenters. The smallest absolute Gasteiger partial charge is 0.321 e. The van der Waals surface area contributed by atoms with E-state index in [9.17, 15) is 13.6 Å². The van der Waals surface area contributed by atoms with Crippen LogP contribution < -0.4 is 10.6 Å². The van der Waals surface area contributed by atoms with Crippen molar-refractivity contribution < 1.29 is 18.0 Å². The molecule has 0 spiro atoms. The molecule has 9 nitrogen and oxygen atoms in total. The molecular weight excluding hydrogens is 492 g/mol. The van der Waals surface area contributed by atoms with Gasteiger partial charge in [-0.2, -0.15) is 4.98 Å². The third kappa shape index (κ3) is 4.59. The number of anilines is 2. The van der Waals surface area contributed by atoms with Gasteiger partial charge in [0.2, 0.25) is 5.95 Å². The Morgan fingerprint density at radius 3 is 2.63 bits per heavy atom. The zero-order chi connectivity index (χ0) is 26.1. The largest absolute Gasteiger partial charge is 0.432 e. The summed E-state index contributed by atoms with van der Waals surface area (Å²) in [5.41, 5.74) is 2.72. The summed E-state index contributed by atoms with van der Waals surface area (Å²) in [5, 5.41) is 5.94.